The van der Waals surface area contributed by atoms with Crippen molar-refractivity contribution in [2.75, 3.05) is 26.2 Å². The normalized spacial score (nSPS) is 18.0. The number of nitrogens with one attached hydrogen (secondary N) is 1. The van der Waals surface area contributed by atoms with E-state index in [-0.39, 0.29) is 30.7 Å². The first-order valence-corrected chi connectivity index (χ1v) is 7.91. The van der Waals surface area contributed by atoms with Crippen molar-refractivity contribution in [2.24, 2.45) is 0 Å². The van der Waals surface area contributed by atoms with Crippen LogP contribution in [0.3, 0.4) is 0 Å². The summed E-state index contributed by atoms with van der Waals surface area (Å²) in [5, 5.41) is 21.3. The van der Waals surface area contributed by atoms with E-state index in [1.807, 2.05) is 0 Å². The van der Waals surface area contributed by atoms with Gasteiger partial charge in [-0.15, -0.1) is 0 Å². The van der Waals surface area contributed by atoms with Crippen LogP contribution in [0.15, 0.2) is 18.3 Å². The number of nitrogens with zero attached hydrogens (tertiary/aromatic N) is 2. The van der Waals surface area contributed by atoms with Gasteiger partial charge in [-0.25, -0.2) is 4.79 Å². The monoisotopic (exact) mass is 321 g/mol. The van der Waals surface area contributed by atoms with Crippen molar-refractivity contribution >= 4 is 11.9 Å². The summed E-state index contributed by atoms with van der Waals surface area (Å²) in [7, 11) is 0. The molecule has 1 saturated heterocycles. The number of aliphatic hydroxyl groups excluding tert-OH is 1. The Balaban J connectivity index is 1.75. The van der Waals surface area contributed by atoms with Gasteiger partial charge in [0.05, 0.1) is 24.8 Å². The number of likely N-dealkylation sites (tertiary alicyclic amines) is 1. The molecule has 0 aliphatic carbocycles. The number of aromatic carboxylic acids is 1. The van der Waals surface area contributed by atoms with E-state index >= 15 is 0 Å². The minimum atomic E-state index is -0.975. The van der Waals surface area contributed by atoms with E-state index in [9.17, 15) is 14.7 Å². The molecular weight excluding hydrogens is 298 g/mol. The number of carbonyl (C=O) groups is 2. The van der Waals surface area contributed by atoms with Crippen molar-refractivity contribution in [3.05, 3.63) is 29.6 Å². The predicted molar refractivity (Wildman–Crippen MR) is 84.2 cm³/mol. The summed E-state index contributed by atoms with van der Waals surface area (Å²) in [4.78, 5) is 28.9. The quantitative estimate of drug-likeness (QED) is 0.624. The zero-order valence-corrected chi connectivity index (χ0v) is 13.1. The maximum atomic E-state index is 12.2. The van der Waals surface area contributed by atoms with Crippen molar-refractivity contribution in [3.63, 3.8) is 0 Å². The fourth-order valence-electron chi connectivity index (χ4n) is 2.78. The Morgan fingerprint density at radius 3 is 2.96 bits per heavy atom. The van der Waals surface area contributed by atoms with Gasteiger partial charge in [-0.1, -0.05) is 0 Å². The van der Waals surface area contributed by atoms with E-state index < -0.39 is 5.97 Å². The Bertz CT molecular complexity index is 550. The van der Waals surface area contributed by atoms with Crippen LogP contribution in [0.5, 0.6) is 0 Å². The van der Waals surface area contributed by atoms with Gasteiger partial charge in [0.15, 0.2) is 0 Å². The van der Waals surface area contributed by atoms with Gasteiger partial charge >= 0.3 is 5.97 Å². The molecule has 23 heavy (non-hydrogen) atoms. The fraction of sp³-hybridized carbons (Fsp3) is 0.562. The summed E-state index contributed by atoms with van der Waals surface area (Å²) in [5.74, 6) is -0.979. The Morgan fingerprint density at radius 1 is 1.39 bits per heavy atom. The highest BCUT2D eigenvalue weighted by Crippen LogP contribution is 2.16. The van der Waals surface area contributed by atoms with Gasteiger partial charge in [0.2, 0.25) is 5.91 Å². The lowest BCUT2D eigenvalue weighted by Gasteiger charge is -2.34. The minimum Gasteiger partial charge on any atom is -0.478 e. The summed E-state index contributed by atoms with van der Waals surface area (Å²) >= 11 is 0. The highest BCUT2D eigenvalue weighted by molar-refractivity contribution is 5.87. The molecule has 1 aliphatic heterocycles. The Morgan fingerprint density at radius 2 is 2.22 bits per heavy atom. The first-order valence-electron chi connectivity index (χ1n) is 7.91. The average Bonchev–Trinajstić information content (AvgIpc) is 2.58. The predicted octanol–water partition coefficient (Wildman–Crippen LogP) is 0.285. The summed E-state index contributed by atoms with van der Waals surface area (Å²) < 4.78 is 0. The largest absolute Gasteiger partial charge is 0.478 e. The number of piperidine rings is 1. The van der Waals surface area contributed by atoms with Crippen molar-refractivity contribution in [3.8, 4) is 0 Å². The second kappa shape index (κ2) is 8.59. The van der Waals surface area contributed by atoms with Crippen molar-refractivity contribution < 1.29 is 19.8 Å². The third kappa shape index (κ3) is 5.01. The van der Waals surface area contributed by atoms with Crippen molar-refractivity contribution in [1.82, 2.24) is 15.2 Å². The van der Waals surface area contributed by atoms with Gasteiger partial charge in [-0.05, 0) is 31.4 Å². The molecule has 1 fully saturated rings. The molecule has 1 atom stereocenters. The zero-order chi connectivity index (χ0) is 16.7. The zero-order valence-electron chi connectivity index (χ0n) is 13.1. The van der Waals surface area contributed by atoms with Crippen LogP contribution >= 0.6 is 0 Å². The second-order valence-corrected chi connectivity index (χ2v) is 5.69. The standard InChI is InChI=1S/C16H23N3O4/c20-11-14-3-1-2-8-19(14)15(21)10-17-6-5-13-9-12(16(22)23)4-7-18-13/h4,7,9,14,17,20H,1-3,5-6,8,10-11H2,(H,22,23). The molecule has 0 saturated carbocycles. The molecule has 1 amide bonds. The fourth-order valence-corrected chi connectivity index (χ4v) is 2.78. The van der Waals surface area contributed by atoms with Crippen LogP contribution in [0, 0.1) is 0 Å². The summed E-state index contributed by atoms with van der Waals surface area (Å²) in [5.41, 5.74) is 0.890. The molecule has 1 aromatic heterocycles. The highest BCUT2D eigenvalue weighted by Gasteiger charge is 2.25. The maximum Gasteiger partial charge on any atom is 0.335 e. The minimum absolute atomic E-state index is 0.00371. The first kappa shape index (κ1) is 17.4. The molecule has 7 heteroatoms. The number of carboxylic acid groups (broad SMARTS) is 1. The summed E-state index contributed by atoms with van der Waals surface area (Å²) in [6, 6.07) is 2.93. The van der Waals surface area contributed by atoms with E-state index in [1.165, 1.54) is 18.3 Å². The number of carbonyl (C=O) groups excluding carboxylic acids is 1. The third-order valence-corrected chi connectivity index (χ3v) is 4.06. The van der Waals surface area contributed by atoms with E-state index in [4.69, 9.17) is 5.11 Å². The number of amides is 1. The first-order chi connectivity index (χ1) is 11.1. The van der Waals surface area contributed by atoms with Crippen LogP contribution < -0.4 is 5.32 Å². The summed E-state index contributed by atoms with van der Waals surface area (Å²) in [6.07, 6.45) is 4.91. The lowest BCUT2D eigenvalue weighted by atomic mass is 10.0. The number of carboxylic acids is 1. The lowest BCUT2D eigenvalue weighted by Crippen LogP contribution is -2.48. The van der Waals surface area contributed by atoms with Gasteiger partial charge in [-0.3, -0.25) is 9.78 Å². The SMILES string of the molecule is O=C(O)c1ccnc(CCNCC(=O)N2CCCCC2CO)c1. The second-order valence-electron chi connectivity index (χ2n) is 5.69. The van der Waals surface area contributed by atoms with Crippen LogP contribution in [-0.4, -0.2) is 64.3 Å². The molecule has 0 spiro atoms. The number of aliphatic hydroxyl groups is 1. The van der Waals surface area contributed by atoms with Gasteiger partial charge in [0.1, 0.15) is 0 Å². The number of pyridine rings is 1. The topological polar surface area (TPSA) is 103 Å². The Labute approximate surface area is 135 Å². The Kier molecular flexibility index (Phi) is 6.49. The van der Waals surface area contributed by atoms with Gasteiger partial charge in [0, 0.05) is 31.4 Å². The molecule has 7 nitrogen and oxygen atoms in total. The number of aromatic nitrogens is 1. The molecule has 1 aliphatic rings. The number of hydrogen-bond acceptors (Lipinski definition) is 5. The molecule has 1 aromatic rings. The molecule has 126 valence electrons. The smallest absolute Gasteiger partial charge is 0.335 e. The van der Waals surface area contributed by atoms with Crippen LogP contribution in [0.1, 0.15) is 35.3 Å². The maximum absolute atomic E-state index is 12.2. The van der Waals surface area contributed by atoms with E-state index in [0.717, 1.165) is 19.3 Å². The molecule has 2 heterocycles. The molecule has 0 aromatic carbocycles. The van der Waals surface area contributed by atoms with Crippen LogP contribution in [0.4, 0.5) is 0 Å². The van der Waals surface area contributed by atoms with Crippen molar-refractivity contribution in [1.29, 1.82) is 0 Å². The Hall–Kier alpha value is -1.99. The average molecular weight is 321 g/mol. The highest BCUT2D eigenvalue weighted by atomic mass is 16.4. The van der Waals surface area contributed by atoms with Crippen LogP contribution in [-0.2, 0) is 11.2 Å². The molecule has 3 N–H and O–H groups in total. The van der Waals surface area contributed by atoms with E-state index in [0.29, 0.717) is 25.2 Å². The van der Waals surface area contributed by atoms with Crippen molar-refractivity contribution in [2.45, 2.75) is 31.7 Å². The van der Waals surface area contributed by atoms with Gasteiger partial charge in [0.25, 0.3) is 0 Å². The molecule has 0 radical (unpaired) electrons. The number of hydrogen-bond donors (Lipinski definition) is 3. The lowest BCUT2D eigenvalue weighted by molar-refractivity contribution is -0.134. The van der Waals surface area contributed by atoms with Gasteiger partial charge in [-0.2, -0.15) is 0 Å². The molecule has 2 rings (SSSR count). The molecule has 0 bridgehead atoms. The number of rotatable bonds is 7. The molecular formula is C16H23N3O4. The van der Waals surface area contributed by atoms with Gasteiger partial charge < -0.3 is 20.4 Å². The van der Waals surface area contributed by atoms with Crippen LogP contribution in [0.2, 0.25) is 0 Å². The molecule has 1 unspecified atom stereocenters. The van der Waals surface area contributed by atoms with Crippen LogP contribution in [0.25, 0.3) is 0 Å². The van der Waals surface area contributed by atoms with E-state index in [2.05, 4.69) is 10.3 Å². The summed E-state index contributed by atoms with van der Waals surface area (Å²) in [6.45, 7) is 1.47. The van der Waals surface area contributed by atoms with E-state index in [1.54, 1.807) is 4.90 Å². The third-order valence-electron chi connectivity index (χ3n) is 4.06.